The van der Waals surface area contributed by atoms with Gasteiger partial charge < -0.3 is 0 Å². The highest BCUT2D eigenvalue weighted by Gasteiger charge is 2.12. The van der Waals surface area contributed by atoms with Crippen LogP contribution >= 0.6 is 0 Å². The lowest BCUT2D eigenvalue weighted by molar-refractivity contribution is 0.238. The van der Waals surface area contributed by atoms with Gasteiger partial charge in [0.2, 0.25) is 0 Å². The summed E-state index contributed by atoms with van der Waals surface area (Å²) in [5.41, 5.74) is 5.28. The molecule has 146 valence electrons. The van der Waals surface area contributed by atoms with Gasteiger partial charge in [0, 0.05) is 32.0 Å². The number of aromatic nitrogens is 5. The first kappa shape index (κ1) is 19.0. The summed E-state index contributed by atoms with van der Waals surface area (Å²) in [6, 6.07) is 20.4. The van der Waals surface area contributed by atoms with E-state index in [1.165, 1.54) is 5.56 Å². The average Bonchev–Trinajstić information content (AvgIpc) is 3.24. The summed E-state index contributed by atoms with van der Waals surface area (Å²) in [6.45, 7) is 4.26. The van der Waals surface area contributed by atoms with Crippen molar-refractivity contribution < 1.29 is 0 Å². The maximum atomic E-state index is 4.47. The zero-order valence-electron chi connectivity index (χ0n) is 16.5. The van der Waals surface area contributed by atoms with Gasteiger partial charge >= 0.3 is 0 Å². The SMILES string of the molecule is CCc1ccc(-n2cc(CN(Cc3ccccn3)Cc3ccccn3)nn2)cc1. The van der Waals surface area contributed by atoms with Crippen LogP contribution in [0.5, 0.6) is 0 Å². The Morgan fingerprint density at radius 2 is 1.38 bits per heavy atom. The maximum absolute atomic E-state index is 4.47. The van der Waals surface area contributed by atoms with E-state index in [1.807, 2.05) is 59.7 Å². The first-order chi connectivity index (χ1) is 14.3. The van der Waals surface area contributed by atoms with Gasteiger partial charge in [-0.1, -0.05) is 36.4 Å². The Hall–Kier alpha value is -3.38. The molecule has 6 nitrogen and oxygen atoms in total. The first-order valence-corrected chi connectivity index (χ1v) is 9.83. The molecular formula is C23H24N6. The average molecular weight is 384 g/mol. The van der Waals surface area contributed by atoms with Crippen molar-refractivity contribution in [1.29, 1.82) is 0 Å². The molecule has 0 aliphatic heterocycles. The molecule has 0 saturated carbocycles. The number of rotatable bonds is 8. The Labute approximate surface area is 170 Å². The summed E-state index contributed by atoms with van der Waals surface area (Å²) >= 11 is 0. The highest BCUT2D eigenvalue weighted by molar-refractivity contribution is 5.33. The molecule has 0 amide bonds. The molecule has 0 aliphatic carbocycles. The molecule has 3 aromatic heterocycles. The van der Waals surface area contributed by atoms with Crippen LogP contribution in [0.3, 0.4) is 0 Å². The lowest BCUT2D eigenvalue weighted by atomic mass is 10.1. The fourth-order valence-electron chi connectivity index (χ4n) is 3.22. The van der Waals surface area contributed by atoms with Crippen LogP contribution in [-0.2, 0) is 26.1 Å². The van der Waals surface area contributed by atoms with Gasteiger partial charge in [0.1, 0.15) is 0 Å². The Morgan fingerprint density at radius 3 is 1.93 bits per heavy atom. The van der Waals surface area contributed by atoms with Crippen LogP contribution in [0.4, 0.5) is 0 Å². The van der Waals surface area contributed by atoms with Crippen LogP contribution in [0.1, 0.15) is 29.6 Å². The van der Waals surface area contributed by atoms with E-state index in [0.29, 0.717) is 6.54 Å². The van der Waals surface area contributed by atoms with E-state index in [1.54, 1.807) is 0 Å². The van der Waals surface area contributed by atoms with Crippen LogP contribution in [0.2, 0.25) is 0 Å². The summed E-state index contributed by atoms with van der Waals surface area (Å²) in [5, 5.41) is 8.71. The number of hydrogen-bond acceptors (Lipinski definition) is 5. The van der Waals surface area contributed by atoms with Gasteiger partial charge in [0.25, 0.3) is 0 Å². The molecule has 0 radical (unpaired) electrons. The number of nitrogens with zero attached hydrogens (tertiary/aromatic N) is 6. The van der Waals surface area contributed by atoms with Crippen LogP contribution in [-0.4, -0.2) is 29.9 Å². The van der Waals surface area contributed by atoms with Gasteiger partial charge in [-0.2, -0.15) is 0 Å². The molecule has 0 atom stereocenters. The number of benzene rings is 1. The predicted octanol–water partition coefficient (Wildman–Crippen LogP) is 3.82. The third-order valence-electron chi connectivity index (χ3n) is 4.76. The summed E-state index contributed by atoms with van der Waals surface area (Å²) < 4.78 is 1.83. The fraction of sp³-hybridized carbons (Fsp3) is 0.217. The summed E-state index contributed by atoms with van der Waals surface area (Å²) in [7, 11) is 0. The topological polar surface area (TPSA) is 59.7 Å². The summed E-state index contributed by atoms with van der Waals surface area (Å²) in [4.78, 5) is 11.2. The Bertz CT molecular complexity index is 971. The molecule has 1 aromatic carbocycles. The molecule has 29 heavy (non-hydrogen) atoms. The molecule has 6 heteroatoms. The van der Waals surface area contributed by atoms with Crippen molar-refractivity contribution in [2.75, 3.05) is 0 Å². The summed E-state index contributed by atoms with van der Waals surface area (Å²) in [5.74, 6) is 0. The van der Waals surface area contributed by atoms with Crippen molar-refractivity contribution in [3.63, 3.8) is 0 Å². The van der Waals surface area contributed by atoms with Crippen molar-refractivity contribution in [1.82, 2.24) is 29.9 Å². The standard InChI is InChI=1S/C23H24N6/c1-2-19-9-11-23(12-10-19)29-18-22(26-27-29)17-28(15-20-7-3-5-13-24-20)16-21-8-4-6-14-25-21/h3-14,18H,2,15-17H2,1H3. The van der Waals surface area contributed by atoms with Gasteiger partial charge in [0.05, 0.1) is 29.0 Å². The molecular weight excluding hydrogens is 360 g/mol. The first-order valence-electron chi connectivity index (χ1n) is 9.83. The van der Waals surface area contributed by atoms with Crippen LogP contribution in [0.25, 0.3) is 5.69 Å². The lowest BCUT2D eigenvalue weighted by Crippen LogP contribution is -2.23. The minimum absolute atomic E-state index is 0.667. The monoisotopic (exact) mass is 384 g/mol. The molecule has 0 bridgehead atoms. The largest absolute Gasteiger partial charge is 0.286 e. The van der Waals surface area contributed by atoms with Gasteiger partial charge in [0.15, 0.2) is 0 Å². The second-order valence-corrected chi connectivity index (χ2v) is 6.96. The van der Waals surface area contributed by atoms with E-state index in [4.69, 9.17) is 0 Å². The van der Waals surface area contributed by atoms with Crippen molar-refractivity contribution in [3.05, 3.63) is 102 Å². The zero-order valence-corrected chi connectivity index (χ0v) is 16.5. The van der Waals surface area contributed by atoms with E-state index < -0.39 is 0 Å². The van der Waals surface area contributed by atoms with Gasteiger partial charge in [-0.05, 0) is 48.4 Å². The number of hydrogen-bond donors (Lipinski definition) is 0. The van der Waals surface area contributed by atoms with Crippen LogP contribution in [0, 0.1) is 0 Å². The molecule has 0 saturated heterocycles. The molecule has 0 spiro atoms. The van der Waals surface area contributed by atoms with E-state index >= 15 is 0 Å². The quantitative estimate of drug-likeness (QED) is 0.462. The minimum Gasteiger partial charge on any atom is -0.286 e. The van der Waals surface area contributed by atoms with E-state index in [-0.39, 0.29) is 0 Å². The van der Waals surface area contributed by atoms with Gasteiger partial charge in [-0.15, -0.1) is 5.10 Å². The molecule has 0 N–H and O–H groups in total. The highest BCUT2D eigenvalue weighted by atomic mass is 15.4. The van der Waals surface area contributed by atoms with Gasteiger partial charge in [-0.25, -0.2) is 4.68 Å². The van der Waals surface area contributed by atoms with Crippen molar-refractivity contribution in [3.8, 4) is 5.69 Å². The second-order valence-electron chi connectivity index (χ2n) is 6.96. The van der Waals surface area contributed by atoms with E-state index in [2.05, 4.69) is 56.4 Å². The fourth-order valence-corrected chi connectivity index (χ4v) is 3.22. The smallest absolute Gasteiger partial charge is 0.0972 e. The number of pyridine rings is 2. The van der Waals surface area contributed by atoms with Crippen LogP contribution in [0.15, 0.2) is 79.3 Å². The highest BCUT2D eigenvalue weighted by Crippen LogP contribution is 2.13. The van der Waals surface area contributed by atoms with Gasteiger partial charge in [-0.3, -0.25) is 14.9 Å². The molecule has 4 aromatic rings. The third-order valence-corrected chi connectivity index (χ3v) is 4.76. The van der Waals surface area contributed by atoms with Crippen molar-refractivity contribution >= 4 is 0 Å². The molecule has 0 fully saturated rings. The Balaban J connectivity index is 1.51. The van der Waals surface area contributed by atoms with Crippen molar-refractivity contribution in [2.45, 2.75) is 33.0 Å². The van der Waals surface area contributed by atoms with Crippen molar-refractivity contribution in [2.24, 2.45) is 0 Å². The predicted molar refractivity (Wildman–Crippen MR) is 112 cm³/mol. The van der Waals surface area contributed by atoms with Crippen LogP contribution < -0.4 is 0 Å². The molecule has 0 unspecified atom stereocenters. The van der Waals surface area contributed by atoms with E-state index in [9.17, 15) is 0 Å². The second kappa shape index (κ2) is 9.21. The summed E-state index contributed by atoms with van der Waals surface area (Å²) in [6.07, 6.45) is 6.67. The molecule has 0 aliphatic rings. The normalized spacial score (nSPS) is 11.1. The molecule has 4 rings (SSSR count). The zero-order chi connectivity index (χ0) is 19.9. The molecule has 3 heterocycles. The lowest BCUT2D eigenvalue weighted by Gasteiger charge is -2.20. The minimum atomic E-state index is 0.667. The Morgan fingerprint density at radius 1 is 0.759 bits per heavy atom. The Kier molecular flexibility index (Phi) is 6.02. The third kappa shape index (κ3) is 5.12. The maximum Gasteiger partial charge on any atom is 0.0972 e. The number of aryl methyl sites for hydroxylation is 1. The van der Waals surface area contributed by atoms with E-state index in [0.717, 1.165) is 42.3 Å².